The first-order valence-electron chi connectivity index (χ1n) is 6.97. The van der Waals surface area contributed by atoms with E-state index in [1.165, 1.54) is 0 Å². The van der Waals surface area contributed by atoms with E-state index in [0.29, 0.717) is 6.54 Å². The van der Waals surface area contributed by atoms with Gasteiger partial charge in [-0.1, -0.05) is 12.2 Å². The van der Waals surface area contributed by atoms with E-state index in [2.05, 4.69) is 10.3 Å². The van der Waals surface area contributed by atoms with Crippen LogP contribution in [-0.2, 0) is 20.9 Å². The zero-order chi connectivity index (χ0) is 14.8. The van der Waals surface area contributed by atoms with Crippen LogP contribution in [-0.4, -0.2) is 45.3 Å². The molecule has 2 N–H and O–H groups in total. The Balaban J connectivity index is 1.51. The van der Waals surface area contributed by atoms with Gasteiger partial charge in [0.05, 0.1) is 24.5 Å². The predicted octanol–water partition coefficient (Wildman–Crippen LogP) is 0.0436. The Morgan fingerprint density at radius 3 is 2.71 bits per heavy atom. The zero-order valence-electron chi connectivity index (χ0n) is 11.4. The molecule has 0 radical (unpaired) electrons. The van der Waals surface area contributed by atoms with Gasteiger partial charge in [0.1, 0.15) is 5.92 Å². The smallest absolute Gasteiger partial charge is 0.310 e. The second-order valence-electron chi connectivity index (χ2n) is 5.29. The monoisotopic (exact) mass is 291 g/mol. The number of hydrogen-bond acceptors (Lipinski definition) is 4. The van der Waals surface area contributed by atoms with Gasteiger partial charge in [0, 0.05) is 25.5 Å². The molecular weight excluding hydrogens is 274 g/mol. The van der Waals surface area contributed by atoms with Crippen molar-refractivity contribution in [3.05, 3.63) is 30.9 Å². The first-order chi connectivity index (χ1) is 10.2. The number of imidazole rings is 1. The summed E-state index contributed by atoms with van der Waals surface area (Å²) < 4.78 is 7.41. The summed E-state index contributed by atoms with van der Waals surface area (Å²) in [5, 5.41) is 12.1. The fourth-order valence-electron chi connectivity index (χ4n) is 2.93. The van der Waals surface area contributed by atoms with E-state index in [4.69, 9.17) is 4.74 Å². The minimum Gasteiger partial charge on any atom is -0.481 e. The molecule has 1 aromatic rings. The van der Waals surface area contributed by atoms with Crippen molar-refractivity contribution in [3.63, 3.8) is 0 Å². The summed E-state index contributed by atoms with van der Waals surface area (Å²) in [5.74, 6) is -2.64. The van der Waals surface area contributed by atoms with Gasteiger partial charge in [0.2, 0.25) is 5.91 Å². The lowest BCUT2D eigenvalue weighted by Crippen LogP contribution is -2.42. The number of carbonyl (C=O) groups excluding carboxylic acids is 1. The van der Waals surface area contributed by atoms with Crippen LogP contribution in [0.1, 0.15) is 6.42 Å². The molecule has 4 atom stereocenters. The number of amides is 1. The van der Waals surface area contributed by atoms with Crippen LogP contribution < -0.4 is 5.32 Å². The van der Waals surface area contributed by atoms with E-state index in [9.17, 15) is 14.7 Å². The number of nitrogens with one attached hydrogen (secondary N) is 1. The highest BCUT2D eigenvalue weighted by molar-refractivity contribution is 5.87. The minimum absolute atomic E-state index is 0.245. The quantitative estimate of drug-likeness (QED) is 0.570. The van der Waals surface area contributed by atoms with Crippen molar-refractivity contribution in [2.45, 2.75) is 25.2 Å². The van der Waals surface area contributed by atoms with Gasteiger partial charge in [0.15, 0.2) is 0 Å². The number of carboxylic acid groups (broad SMARTS) is 1. The molecule has 1 aromatic heterocycles. The highest BCUT2D eigenvalue weighted by Gasteiger charge is 2.53. The molecule has 1 amide bonds. The van der Waals surface area contributed by atoms with Gasteiger partial charge in [-0.2, -0.15) is 0 Å². The highest BCUT2D eigenvalue weighted by atomic mass is 16.5. The minimum atomic E-state index is -0.981. The second-order valence-corrected chi connectivity index (χ2v) is 5.29. The summed E-state index contributed by atoms with van der Waals surface area (Å²) in [6.07, 6.45) is 8.66. The van der Waals surface area contributed by atoms with Crippen molar-refractivity contribution in [2.75, 3.05) is 6.54 Å². The van der Waals surface area contributed by atoms with Gasteiger partial charge in [-0.3, -0.25) is 9.59 Å². The number of aromatic nitrogens is 2. The van der Waals surface area contributed by atoms with Crippen molar-refractivity contribution >= 4 is 11.9 Å². The van der Waals surface area contributed by atoms with E-state index in [1.54, 1.807) is 24.7 Å². The van der Waals surface area contributed by atoms with E-state index in [1.807, 2.05) is 10.8 Å². The van der Waals surface area contributed by atoms with Crippen LogP contribution in [0, 0.1) is 11.8 Å². The topological polar surface area (TPSA) is 93.5 Å². The maximum atomic E-state index is 12.2. The molecule has 3 heterocycles. The van der Waals surface area contributed by atoms with Gasteiger partial charge < -0.3 is 19.7 Å². The highest BCUT2D eigenvalue weighted by Crippen LogP contribution is 2.39. The maximum Gasteiger partial charge on any atom is 0.310 e. The van der Waals surface area contributed by atoms with Crippen LogP contribution in [0.25, 0.3) is 0 Å². The molecule has 0 spiro atoms. The fourth-order valence-corrected chi connectivity index (χ4v) is 2.93. The Kier molecular flexibility index (Phi) is 3.74. The molecule has 0 unspecified atom stereocenters. The molecule has 21 heavy (non-hydrogen) atoms. The lowest BCUT2D eigenvalue weighted by molar-refractivity contribution is -0.146. The van der Waals surface area contributed by atoms with Crippen LogP contribution >= 0.6 is 0 Å². The molecule has 7 nitrogen and oxygen atoms in total. The molecular formula is C14H17N3O4. The van der Waals surface area contributed by atoms with Gasteiger partial charge in [-0.05, 0) is 6.42 Å². The standard InChI is InChI=1S/C14H17N3O4/c18-13(16-4-1-6-17-7-5-15-8-17)11-9-2-3-10(21-9)12(11)14(19)20/h2-3,5,7-12H,1,4,6H2,(H,16,18)(H,19,20)/t9-,10+,11-,12-/m0/s1. The molecule has 112 valence electrons. The molecule has 0 saturated carbocycles. The molecule has 7 heteroatoms. The van der Waals surface area contributed by atoms with E-state index >= 15 is 0 Å². The molecule has 3 rings (SSSR count). The van der Waals surface area contributed by atoms with Crippen molar-refractivity contribution in [3.8, 4) is 0 Å². The molecule has 0 aliphatic carbocycles. The van der Waals surface area contributed by atoms with Crippen molar-refractivity contribution in [1.82, 2.24) is 14.9 Å². The lowest BCUT2D eigenvalue weighted by atomic mass is 9.82. The molecule has 2 aliphatic heterocycles. The molecule has 0 aromatic carbocycles. The van der Waals surface area contributed by atoms with E-state index in [0.717, 1.165) is 13.0 Å². The number of ether oxygens (including phenoxy) is 1. The number of fused-ring (bicyclic) bond motifs is 2. The van der Waals surface area contributed by atoms with Crippen molar-refractivity contribution < 1.29 is 19.4 Å². The number of hydrogen-bond donors (Lipinski definition) is 2. The maximum absolute atomic E-state index is 12.2. The Morgan fingerprint density at radius 2 is 2.05 bits per heavy atom. The summed E-state index contributed by atoms with van der Waals surface area (Å²) in [5.41, 5.74) is 0. The number of aliphatic carboxylic acids is 1. The SMILES string of the molecule is O=C(NCCCn1ccnc1)[C@@H]1[C@@H](C(=O)O)[C@H]2C=C[C@@H]1O2. The first-order valence-corrected chi connectivity index (χ1v) is 6.97. The molecule has 1 saturated heterocycles. The van der Waals surface area contributed by atoms with Crippen LogP contribution in [0.4, 0.5) is 0 Å². The Bertz CT molecular complexity index is 555. The number of carboxylic acids is 1. The Morgan fingerprint density at radius 1 is 1.29 bits per heavy atom. The number of nitrogens with zero attached hydrogens (tertiary/aromatic N) is 2. The fraction of sp³-hybridized carbons (Fsp3) is 0.500. The van der Waals surface area contributed by atoms with Crippen LogP contribution in [0.2, 0.25) is 0 Å². The molecule has 1 fully saturated rings. The van der Waals surface area contributed by atoms with Gasteiger partial charge in [-0.25, -0.2) is 4.98 Å². The molecule has 2 aliphatic rings. The third-order valence-corrected chi connectivity index (χ3v) is 3.94. The largest absolute Gasteiger partial charge is 0.481 e. The number of carbonyl (C=O) groups is 2. The van der Waals surface area contributed by atoms with E-state index < -0.39 is 30.0 Å². The number of aryl methyl sites for hydroxylation is 1. The molecule has 2 bridgehead atoms. The number of rotatable bonds is 6. The van der Waals surface area contributed by atoms with Crippen LogP contribution in [0.3, 0.4) is 0 Å². The average Bonchev–Trinajstić information content (AvgIpc) is 3.18. The van der Waals surface area contributed by atoms with Crippen molar-refractivity contribution in [2.24, 2.45) is 11.8 Å². The van der Waals surface area contributed by atoms with E-state index in [-0.39, 0.29) is 5.91 Å². The van der Waals surface area contributed by atoms with Gasteiger partial charge in [-0.15, -0.1) is 0 Å². The Hall–Kier alpha value is -2.15. The van der Waals surface area contributed by atoms with Crippen molar-refractivity contribution in [1.29, 1.82) is 0 Å². The van der Waals surface area contributed by atoms with Gasteiger partial charge >= 0.3 is 5.97 Å². The first kappa shape index (κ1) is 13.8. The van der Waals surface area contributed by atoms with Crippen LogP contribution in [0.15, 0.2) is 30.9 Å². The summed E-state index contributed by atoms with van der Waals surface area (Å²) in [6.45, 7) is 1.26. The lowest BCUT2D eigenvalue weighted by Gasteiger charge is -2.20. The summed E-state index contributed by atoms with van der Waals surface area (Å²) in [6, 6.07) is 0. The summed E-state index contributed by atoms with van der Waals surface area (Å²) >= 11 is 0. The predicted molar refractivity (Wildman–Crippen MR) is 72.3 cm³/mol. The normalized spacial score (nSPS) is 29.7. The Labute approximate surface area is 121 Å². The summed E-state index contributed by atoms with van der Waals surface area (Å²) in [7, 11) is 0. The third kappa shape index (κ3) is 2.69. The van der Waals surface area contributed by atoms with Crippen LogP contribution in [0.5, 0.6) is 0 Å². The zero-order valence-corrected chi connectivity index (χ0v) is 11.4. The average molecular weight is 291 g/mol. The third-order valence-electron chi connectivity index (χ3n) is 3.94. The van der Waals surface area contributed by atoms with Gasteiger partial charge in [0.25, 0.3) is 0 Å². The summed E-state index contributed by atoms with van der Waals surface area (Å²) in [4.78, 5) is 27.4. The second kappa shape index (κ2) is 5.69.